The van der Waals surface area contributed by atoms with Crippen LogP contribution in [0.4, 0.5) is 5.82 Å². The lowest BCUT2D eigenvalue weighted by Crippen LogP contribution is -2.48. The van der Waals surface area contributed by atoms with Crippen LogP contribution >= 0.6 is 11.3 Å². The van der Waals surface area contributed by atoms with Gasteiger partial charge in [-0.1, -0.05) is 18.7 Å². The highest BCUT2D eigenvalue weighted by Crippen LogP contribution is 2.29. The molecule has 0 bridgehead atoms. The SMILES string of the molecule is C=CC(=O)N1CCN(c2nc(CCc3cccc(OC)c3)nc3sccc23)CC1. The van der Waals surface area contributed by atoms with Crippen molar-refractivity contribution >= 4 is 33.3 Å². The van der Waals surface area contributed by atoms with Gasteiger partial charge in [-0.3, -0.25) is 4.79 Å². The summed E-state index contributed by atoms with van der Waals surface area (Å²) in [6.45, 7) is 6.46. The summed E-state index contributed by atoms with van der Waals surface area (Å²) in [6.07, 6.45) is 3.01. The lowest BCUT2D eigenvalue weighted by Gasteiger charge is -2.35. The van der Waals surface area contributed by atoms with Crippen molar-refractivity contribution in [2.45, 2.75) is 12.8 Å². The third kappa shape index (κ3) is 4.24. The molecule has 6 nitrogen and oxygen atoms in total. The molecule has 0 atom stereocenters. The summed E-state index contributed by atoms with van der Waals surface area (Å²) < 4.78 is 5.32. The van der Waals surface area contributed by atoms with Gasteiger partial charge in [-0.05, 0) is 41.6 Å². The highest BCUT2D eigenvalue weighted by molar-refractivity contribution is 7.16. The van der Waals surface area contributed by atoms with Gasteiger partial charge in [0.2, 0.25) is 5.91 Å². The number of carbonyl (C=O) groups excluding carboxylic acids is 1. The number of methoxy groups -OCH3 is 1. The number of hydrogen-bond donors (Lipinski definition) is 0. The van der Waals surface area contributed by atoms with Gasteiger partial charge in [0, 0.05) is 32.6 Å². The number of carbonyl (C=O) groups is 1. The molecule has 3 heterocycles. The monoisotopic (exact) mass is 408 g/mol. The van der Waals surface area contributed by atoms with Crippen LogP contribution in [0.25, 0.3) is 10.2 Å². The van der Waals surface area contributed by atoms with Crippen LogP contribution in [-0.2, 0) is 17.6 Å². The van der Waals surface area contributed by atoms with E-state index in [2.05, 4.69) is 35.1 Å². The van der Waals surface area contributed by atoms with E-state index in [1.807, 2.05) is 17.0 Å². The normalized spacial score (nSPS) is 14.2. The van der Waals surface area contributed by atoms with Crippen molar-refractivity contribution in [3.05, 3.63) is 59.8 Å². The molecule has 1 saturated heterocycles. The molecule has 0 saturated carbocycles. The minimum Gasteiger partial charge on any atom is -0.497 e. The molecule has 0 aliphatic carbocycles. The highest BCUT2D eigenvalue weighted by atomic mass is 32.1. The average molecular weight is 409 g/mol. The molecule has 1 aromatic carbocycles. The molecule has 3 aromatic rings. The fourth-order valence-electron chi connectivity index (χ4n) is 3.59. The molecule has 29 heavy (non-hydrogen) atoms. The number of ether oxygens (including phenoxy) is 1. The van der Waals surface area contributed by atoms with Crippen LogP contribution in [0.1, 0.15) is 11.4 Å². The minimum atomic E-state index is -0.00741. The van der Waals surface area contributed by atoms with Gasteiger partial charge in [0.05, 0.1) is 12.5 Å². The predicted molar refractivity (Wildman–Crippen MR) is 117 cm³/mol. The Balaban J connectivity index is 1.53. The maximum absolute atomic E-state index is 11.9. The van der Waals surface area contributed by atoms with Gasteiger partial charge < -0.3 is 14.5 Å². The first-order chi connectivity index (χ1) is 14.2. The van der Waals surface area contributed by atoms with Gasteiger partial charge in [-0.2, -0.15) is 0 Å². The number of amides is 1. The molecule has 7 heteroatoms. The summed E-state index contributed by atoms with van der Waals surface area (Å²) in [7, 11) is 1.68. The second-order valence-electron chi connectivity index (χ2n) is 6.97. The van der Waals surface area contributed by atoms with Crippen molar-refractivity contribution in [2.24, 2.45) is 0 Å². The van der Waals surface area contributed by atoms with Crippen LogP contribution in [-0.4, -0.2) is 54.1 Å². The minimum absolute atomic E-state index is 0.00741. The van der Waals surface area contributed by atoms with Gasteiger partial charge in [-0.25, -0.2) is 9.97 Å². The highest BCUT2D eigenvalue weighted by Gasteiger charge is 2.23. The Kier molecular flexibility index (Phi) is 5.76. The summed E-state index contributed by atoms with van der Waals surface area (Å²) in [5.41, 5.74) is 1.21. The summed E-state index contributed by atoms with van der Waals surface area (Å²) in [4.78, 5) is 26.7. The Morgan fingerprint density at radius 3 is 2.79 bits per heavy atom. The third-order valence-electron chi connectivity index (χ3n) is 5.19. The summed E-state index contributed by atoms with van der Waals surface area (Å²) in [5, 5.41) is 3.15. The molecule has 1 aliphatic heterocycles. The summed E-state index contributed by atoms with van der Waals surface area (Å²) in [6, 6.07) is 10.2. The number of piperazine rings is 1. The van der Waals surface area contributed by atoms with E-state index in [-0.39, 0.29) is 5.91 Å². The van der Waals surface area contributed by atoms with Gasteiger partial charge in [0.25, 0.3) is 0 Å². The number of anilines is 1. The van der Waals surface area contributed by atoms with Crippen LogP contribution in [0.2, 0.25) is 0 Å². The number of hydrogen-bond acceptors (Lipinski definition) is 6. The first kappa shape index (κ1) is 19.4. The Morgan fingerprint density at radius 2 is 2.03 bits per heavy atom. The average Bonchev–Trinajstić information content (AvgIpc) is 3.25. The van der Waals surface area contributed by atoms with Gasteiger partial charge in [-0.15, -0.1) is 11.3 Å². The maximum atomic E-state index is 11.9. The molecular weight excluding hydrogens is 384 g/mol. The molecule has 1 aliphatic rings. The molecular formula is C22H24N4O2S. The first-order valence-corrected chi connectivity index (χ1v) is 10.6. The fraction of sp³-hybridized carbons (Fsp3) is 0.318. The van der Waals surface area contributed by atoms with Crippen molar-refractivity contribution in [1.82, 2.24) is 14.9 Å². The van der Waals surface area contributed by atoms with Crippen molar-refractivity contribution in [3.8, 4) is 5.75 Å². The topological polar surface area (TPSA) is 58.6 Å². The van der Waals surface area contributed by atoms with E-state index in [9.17, 15) is 4.79 Å². The summed E-state index contributed by atoms with van der Waals surface area (Å²) >= 11 is 1.64. The lowest BCUT2D eigenvalue weighted by atomic mass is 10.1. The van der Waals surface area contributed by atoms with E-state index in [1.165, 1.54) is 11.6 Å². The summed E-state index contributed by atoms with van der Waals surface area (Å²) in [5.74, 6) is 2.68. The Hall–Kier alpha value is -2.93. The van der Waals surface area contributed by atoms with Gasteiger partial charge in [0.15, 0.2) is 0 Å². The van der Waals surface area contributed by atoms with Crippen LogP contribution in [0, 0.1) is 0 Å². The molecule has 0 unspecified atom stereocenters. The second-order valence-corrected chi connectivity index (χ2v) is 7.87. The van der Waals surface area contributed by atoms with E-state index in [0.717, 1.165) is 53.5 Å². The van der Waals surface area contributed by atoms with Crippen LogP contribution in [0.3, 0.4) is 0 Å². The molecule has 0 N–H and O–H groups in total. The van der Waals surface area contributed by atoms with E-state index < -0.39 is 0 Å². The number of aryl methyl sites for hydroxylation is 2. The molecule has 4 rings (SSSR count). The van der Waals surface area contributed by atoms with Gasteiger partial charge in [0.1, 0.15) is 22.2 Å². The zero-order chi connectivity index (χ0) is 20.2. The predicted octanol–water partition coefficient (Wildman–Crippen LogP) is 3.32. The van der Waals surface area contributed by atoms with Crippen LogP contribution in [0.15, 0.2) is 48.4 Å². The maximum Gasteiger partial charge on any atom is 0.246 e. The lowest BCUT2D eigenvalue weighted by molar-refractivity contribution is -0.126. The number of nitrogens with zero attached hydrogens (tertiary/aromatic N) is 4. The Morgan fingerprint density at radius 1 is 1.21 bits per heavy atom. The number of rotatable bonds is 6. The van der Waals surface area contributed by atoms with E-state index >= 15 is 0 Å². The molecule has 1 fully saturated rings. The van der Waals surface area contributed by atoms with Crippen molar-refractivity contribution < 1.29 is 9.53 Å². The Labute approximate surface area is 174 Å². The molecule has 0 radical (unpaired) electrons. The van der Waals surface area contributed by atoms with Crippen molar-refractivity contribution in [1.29, 1.82) is 0 Å². The second kappa shape index (κ2) is 8.61. The van der Waals surface area contributed by atoms with Gasteiger partial charge >= 0.3 is 0 Å². The van der Waals surface area contributed by atoms with E-state index in [4.69, 9.17) is 14.7 Å². The number of benzene rings is 1. The largest absolute Gasteiger partial charge is 0.497 e. The Bertz CT molecular complexity index is 1020. The fourth-order valence-corrected chi connectivity index (χ4v) is 4.36. The van der Waals surface area contributed by atoms with Crippen molar-refractivity contribution in [3.63, 3.8) is 0 Å². The number of fused-ring (bicyclic) bond motifs is 1. The van der Waals surface area contributed by atoms with Crippen LogP contribution < -0.4 is 9.64 Å². The standard InChI is InChI=1S/C22H24N4O2S/c1-3-20(27)25-10-12-26(13-11-25)21-18-9-14-29-22(18)24-19(23-21)8-7-16-5-4-6-17(15-16)28-2/h3-6,9,14-15H,1,7-8,10-13H2,2H3. The molecule has 150 valence electrons. The zero-order valence-electron chi connectivity index (χ0n) is 16.5. The first-order valence-electron chi connectivity index (χ1n) is 9.71. The zero-order valence-corrected chi connectivity index (χ0v) is 17.3. The van der Waals surface area contributed by atoms with Crippen LogP contribution in [0.5, 0.6) is 5.75 Å². The third-order valence-corrected chi connectivity index (χ3v) is 5.99. The number of thiophene rings is 1. The van der Waals surface area contributed by atoms with E-state index in [1.54, 1.807) is 18.4 Å². The number of aromatic nitrogens is 2. The molecule has 1 amide bonds. The molecule has 2 aromatic heterocycles. The van der Waals surface area contributed by atoms with Crippen molar-refractivity contribution in [2.75, 3.05) is 38.2 Å². The van der Waals surface area contributed by atoms with E-state index in [0.29, 0.717) is 13.1 Å². The quantitative estimate of drug-likeness (QED) is 0.586. The smallest absolute Gasteiger partial charge is 0.246 e. The molecule has 0 spiro atoms.